The molecule has 2 saturated heterocycles. The number of likely N-dealkylation sites (N-methyl/N-ethyl adjacent to an activating group) is 1. The molecule has 8 heteroatoms. The van der Waals surface area contributed by atoms with E-state index < -0.39 is 11.6 Å². The molecule has 0 bridgehead atoms. The number of rotatable bonds is 2. The number of aryl methyl sites for hydroxylation is 1. The summed E-state index contributed by atoms with van der Waals surface area (Å²) in [6.45, 7) is 4.42. The maximum absolute atomic E-state index is 13.4. The molecule has 2 aromatic rings. The molecular weight excluding hydrogens is 330 g/mol. The van der Waals surface area contributed by atoms with Gasteiger partial charge in [-0.15, -0.1) is 10.2 Å². The number of hydrogen-bond acceptors (Lipinski definition) is 5. The smallest absolute Gasteiger partial charge is 0.254 e. The summed E-state index contributed by atoms with van der Waals surface area (Å²) in [4.78, 5) is 16.4. The van der Waals surface area contributed by atoms with Gasteiger partial charge in [-0.3, -0.25) is 4.79 Å². The summed E-state index contributed by atoms with van der Waals surface area (Å²) < 4.78 is 32.0. The Morgan fingerprint density at radius 2 is 2.00 bits per heavy atom. The summed E-state index contributed by atoms with van der Waals surface area (Å²) in [7, 11) is 2.02. The molecule has 1 spiro atoms. The van der Waals surface area contributed by atoms with Crippen LogP contribution in [0.3, 0.4) is 0 Å². The molecule has 2 aliphatic heterocycles. The molecule has 3 heterocycles. The number of benzene rings is 1. The molecule has 132 valence electrons. The van der Waals surface area contributed by atoms with Crippen LogP contribution in [0.25, 0.3) is 0 Å². The van der Waals surface area contributed by atoms with E-state index in [9.17, 15) is 13.6 Å². The van der Waals surface area contributed by atoms with E-state index in [1.165, 1.54) is 6.07 Å². The maximum Gasteiger partial charge on any atom is 0.254 e. The lowest BCUT2D eigenvalue weighted by atomic mass is 9.71. The van der Waals surface area contributed by atoms with E-state index in [0.717, 1.165) is 25.2 Å². The van der Waals surface area contributed by atoms with Crippen molar-refractivity contribution in [1.29, 1.82) is 0 Å². The van der Waals surface area contributed by atoms with Crippen LogP contribution in [0.2, 0.25) is 0 Å². The second kappa shape index (κ2) is 5.59. The highest BCUT2D eigenvalue weighted by Gasteiger charge is 2.57. The maximum atomic E-state index is 13.4. The Labute approximate surface area is 143 Å². The van der Waals surface area contributed by atoms with Crippen molar-refractivity contribution in [3.63, 3.8) is 0 Å². The Morgan fingerprint density at radius 3 is 2.64 bits per heavy atom. The molecule has 1 atom stereocenters. The second-order valence-electron chi connectivity index (χ2n) is 7.06. The molecule has 25 heavy (non-hydrogen) atoms. The highest BCUT2D eigenvalue weighted by atomic mass is 19.2. The van der Waals surface area contributed by atoms with Crippen molar-refractivity contribution in [3.05, 3.63) is 47.2 Å². The van der Waals surface area contributed by atoms with Gasteiger partial charge < -0.3 is 14.2 Å². The molecule has 1 amide bonds. The van der Waals surface area contributed by atoms with Crippen LogP contribution in [-0.2, 0) is 0 Å². The van der Waals surface area contributed by atoms with Crippen LogP contribution in [0.4, 0.5) is 8.78 Å². The third kappa shape index (κ3) is 2.60. The number of carbonyl (C=O) groups is 1. The fraction of sp³-hybridized carbons (Fsp3) is 0.471. The Bertz CT molecular complexity index is 832. The number of carbonyl (C=O) groups excluding carboxylic acids is 1. The first-order valence-electron chi connectivity index (χ1n) is 8.11. The monoisotopic (exact) mass is 348 g/mol. The van der Waals surface area contributed by atoms with Gasteiger partial charge >= 0.3 is 0 Å². The predicted octanol–water partition coefficient (Wildman–Crippen LogP) is 1.83. The quantitative estimate of drug-likeness (QED) is 0.829. The number of halogens is 2. The van der Waals surface area contributed by atoms with Crippen molar-refractivity contribution in [2.75, 3.05) is 33.2 Å². The molecular formula is C17H18F2N4O2. The van der Waals surface area contributed by atoms with Crippen LogP contribution in [0.5, 0.6) is 0 Å². The predicted molar refractivity (Wildman–Crippen MR) is 84.0 cm³/mol. The summed E-state index contributed by atoms with van der Waals surface area (Å²) in [5.41, 5.74) is 0.0207. The fourth-order valence-corrected chi connectivity index (χ4v) is 4.00. The van der Waals surface area contributed by atoms with E-state index in [-0.39, 0.29) is 22.8 Å². The molecule has 0 aliphatic carbocycles. The standard InChI is InChI=1S/C17H18F2N4O2/c1-10-20-21-15(25-10)12-6-22(2)7-17(12)8-23(9-17)16(24)11-3-4-13(18)14(19)5-11/h3-5,12H,6-9H2,1-2H3. The Kier molecular flexibility index (Phi) is 3.61. The Morgan fingerprint density at radius 1 is 1.24 bits per heavy atom. The molecule has 0 N–H and O–H groups in total. The van der Waals surface area contributed by atoms with Gasteiger partial charge in [-0.25, -0.2) is 8.78 Å². The molecule has 0 saturated carbocycles. The third-order valence-electron chi connectivity index (χ3n) is 5.12. The zero-order valence-electron chi connectivity index (χ0n) is 14.0. The average molecular weight is 348 g/mol. The van der Waals surface area contributed by atoms with Crippen LogP contribution >= 0.6 is 0 Å². The first kappa shape index (κ1) is 16.1. The lowest BCUT2D eigenvalue weighted by Crippen LogP contribution is -2.61. The van der Waals surface area contributed by atoms with Crippen molar-refractivity contribution >= 4 is 5.91 Å². The summed E-state index contributed by atoms with van der Waals surface area (Å²) in [6.07, 6.45) is 0. The fourth-order valence-electron chi connectivity index (χ4n) is 4.00. The van der Waals surface area contributed by atoms with Gasteiger partial charge in [0.1, 0.15) is 0 Å². The van der Waals surface area contributed by atoms with Gasteiger partial charge in [0.15, 0.2) is 11.6 Å². The van der Waals surface area contributed by atoms with Gasteiger partial charge in [0, 0.05) is 44.1 Å². The van der Waals surface area contributed by atoms with Crippen LogP contribution in [-0.4, -0.2) is 59.1 Å². The van der Waals surface area contributed by atoms with Crippen molar-refractivity contribution in [2.24, 2.45) is 5.41 Å². The number of hydrogen-bond donors (Lipinski definition) is 0. The topological polar surface area (TPSA) is 62.5 Å². The zero-order chi connectivity index (χ0) is 17.8. The van der Waals surface area contributed by atoms with E-state index in [1.54, 1.807) is 11.8 Å². The van der Waals surface area contributed by atoms with E-state index >= 15 is 0 Å². The molecule has 2 aliphatic rings. The van der Waals surface area contributed by atoms with Gasteiger partial charge in [-0.1, -0.05) is 0 Å². The molecule has 4 rings (SSSR count). The summed E-state index contributed by atoms with van der Waals surface area (Å²) in [5.74, 6) is -1.08. The van der Waals surface area contributed by atoms with Crippen LogP contribution < -0.4 is 0 Å². The number of nitrogens with zero attached hydrogens (tertiary/aromatic N) is 4. The van der Waals surface area contributed by atoms with Gasteiger partial charge in [-0.2, -0.15) is 0 Å². The van der Waals surface area contributed by atoms with Crippen LogP contribution in [0.15, 0.2) is 22.6 Å². The lowest BCUT2D eigenvalue weighted by molar-refractivity contribution is 0.000453. The summed E-state index contributed by atoms with van der Waals surface area (Å²) >= 11 is 0. The van der Waals surface area contributed by atoms with Crippen molar-refractivity contribution in [2.45, 2.75) is 12.8 Å². The number of amides is 1. The third-order valence-corrected chi connectivity index (χ3v) is 5.12. The highest BCUT2D eigenvalue weighted by Crippen LogP contribution is 2.48. The van der Waals surface area contributed by atoms with Crippen molar-refractivity contribution < 1.29 is 18.0 Å². The minimum Gasteiger partial charge on any atom is -0.425 e. The highest BCUT2D eigenvalue weighted by molar-refractivity contribution is 5.94. The van der Waals surface area contributed by atoms with Gasteiger partial charge in [0.25, 0.3) is 5.91 Å². The molecule has 0 radical (unpaired) electrons. The first-order valence-corrected chi connectivity index (χ1v) is 8.11. The van der Waals surface area contributed by atoms with E-state index in [1.807, 2.05) is 7.05 Å². The summed E-state index contributed by atoms with van der Waals surface area (Å²) in [6, 6.07) is 3.24. The minimum atomic E-state index is -1.01. The van der Waals surface area contributed by atoms with E-state index in [2.05, 4.69) is 15.1 Å². The zero-order valence-corrected chi connectivity index (χ0v) is 14.0. The molecule has 6 nitrogen and oxygen atoms in total. The first-order chi connectivity index (χ1) is 11.9. The Balaban J connectivity index is 1.52. The SMILES string of the molecule is Cc1nnc(C2CN(C)CC23CN(C(=O)c2ccc(F)c(F)c2)C3)o1. The van der Waals surface area contributed by atoms with Crippen molar-refractivity contribution in [1.82, 2.24) is 20.0 Å². The molecule has 1 unspecified atom stereocenters. The van der Waals surface area contributed by atoms with Crippen LogP contribution in [0.1, 0.15) is 28.1 Å². The minimum absolute atomic E-state index is 0.0627. The normalized spacial score (nSPS) is 22.4. The molecule has 1 aromatic carbocycles. The average Bonchev–Trinajstić information content (AvgIpc) is 3.11. The van der Waals surface area contributed by atoms with Crippen LogP contribution in [0, 0.1) is 24.0 Å². The lowest BCUT2D eigenvalue weighted by Gasteiger charge is -2.50. The number of aromatic nitrogens is 2. The second-order valence-corrected chi connectivity index (χ2v) is 7.06. The summed E-state index contributed by atoms with van der Waals surface area (Å²) in [5, 5.41) is 8.06. The largest absolute Gasteiger partial charge is 0.425 e. The van der Waals surface area contributed by atoms with Gasteiger partial charge in [0.05, 0.1) is 5.92 Å². The Hall–Kier alpha value is -2.35. The van der Waals surface area contributed by atoms with Gasteiger partial charge in [0.2, 0.25) is 11.8 Å². The number of likely N-dealkylation sites (tertiary alicyclic amines) is 2. The van der Waals surface area contributed by atoms with E-state index in [0.29, 0.717) is 24.9 Å². The van der Waals surface area contributed by atoms with Gasteiger partial charge in [-0.05, 0) is 25.2 Å². The molecule has 2 fully saturated rings. The molecule has 1 aromatic heterocycles. The van der Waals surface area contributed by atoms with E-state index in [4.69, 9.17) is 4.42 Å². The van der Waals surface area contributed by atoms with Crippen molar-refractivity contribution in [3.8, 4) is 0 Å².